The Morgan fingerprint density at radius 1 is 1.37 bits per heavy atom. The molecule has 1 atom stereocenters. The molecule has 0 saturated heterocycles. The molecule has 106 valence electrons. The van der Waals surface area contributed by atoms with Crippen molar-refractivity contribution in [3.63, 3.8) is 0 Å². The van der Waals surface area contributed by atoms with Crippen LogP contribution in [-0.4, -0.2) is 32.2 Å². The first kappa shape index (κ1) is 15.7. The van der Waals surface area contributed by atoms with Crippen molar-refractivity contribution in [1.29, 1.82) is 0 Å². The number of hydrogen-bond donors (Lipinski definition) is 1. The van der Waals surface area contributed by atoms with E-state index < -0.39 is 6.04 Å². The first-order valence-corrected chi connectivity index (χ1v) is 6.81. The largest absolute Gasteiger partial charge is 0.385 e. The van der Waals surface area contributed by atoms with Crippen molar-refractivity contribution in [2.75, 3.05) is 25.2 Å². The Labute approximate surface area is 115 Å². The Morgan fingerprint density at radius 3 is 2.63 bits per heavy atom. The van der Waals surface area contributed by atoms with Crippen LogP contribution in [0.2, 0.25) is 0 Å². The maximum atomic E-state index is 12.4. The maximum absolute atomic E-state index is 12.4. The van der Waals surface area contributed by atoms with E-state index in [1.807, 2.05) is 30.3 Å². The van der Waals surface area contributed by atoms with E-state index in [0.29, 0.717) is 19.6 Å². The van der Waals surface area contributed by atoms with Crippen LogP contribution in [0.5, 0.6) is 0 Å². The summed E-state index contributed by atoms with van der Waals surface area (Å²) in [7, 11) is 1.61. The van der Waals surface area contributed by atoms with Crippen LogP contribution in [-0.2, 0) is 9.53 Å². The number of hydrogen-bond acceptors (Lipinski definition) is 3. The zero-order valence-electron chi connectivity index (χ0n) is 11.8. The van der Waals surface area contributed by atoms with E-state index in [9.17, 15) is 4.79 Å². The molecule has 1 rings (SSSR count). The predicted octanol–water partition coefficient (Wildman–Crippen LogP) is 2.18. The van der Waals surface area contributed by atoms with Crippen molar-refractivity contribution in [2.45, 2.75) is 32.2 Å². The van der Waals surface area contributed by atoms with Crippen LogP contribution in [0.3, 0.4) is 0 Å². The molecule has 1 unspecified atom stereocenters. The van der Waals surface area contributed by atoms with Gasteiger partial charge in [-0.25, -0.2) is 0 Å². The molecule has 0 fully saturated rings. The Kier molecular flexibility index (Phi) is 7.15. The molecule has 4 nitrogen and oxygen atoms in total. The van der Waals surface area contributed by atoms with Crippen LogP contribution in [0, 0.1) is 0 Å². The minimum atomic E-state index is -0.503. The number of nitrogens with two attached hydrogens (primary N) is 1. The van der Waals surface area contributed by atoms with E-state index in [1.165, 1.54) is 0 Å². The van der Waals surface area contributed by atoms with Crippen LogP contribution in [0.1, 0.15) is 26.2 Å². The summed E-state index contributed by atoms with van der Waals surface area (Å²) in [5.41, 5.74) is 6.85. The van der Waals surface area contributed by atoms with E-state index in [-0.39, 0.29) is 5.91 Å². The molecule has 0 aromatic heterocycles. The molecule has 1 amide bonds. The Morgan fingerprint density at radius 2 is 2.05 bits per heavy atom. The minimum absolute atomic E-state index is 0.0308. The SMILES string of the molecule is CCCCN(C(=O)C(N)CCOC)c1ccccc1. The molecule has 0 aliphatic carbocycles. The number of rotatable bonds is 8. The summed E-state index contributed by atoms with van der Waals surface area (Å²) in [5, 5.41) is 0. The van der Waals surface area contributed by atoms with E-state index in [4.69, 9.17) is 10.5 Å². The summed E-state index contributed by atoms with van der Waals surface area (Å²) in [6.07, 6.45) is 2.56. The van der Waals surface area contributed by atoms with E-state index >= 15 is 0 Å². The van der Waals surface area contributed by atoms with Crippen LogP contribution < -0.4 is 10.6 Å². The number of nitrogens with zero attached hydrogens (tertiary/aromatic N) is 1. The molecule has 1 aromatic rings. The van der Waals surface area contributed by atoms with Gasteiger partial charge in [-0.15, -0.1) is 0 Å². The number of unbranched alkanes of at least 4 members (excludes halogenated alkanes) is 1. The average molecular weight is 264 g/mol. The van der Waals surface area contributed by atoms with Crippen LogP contribution in [0.4, 0.5) is 5.69 Å². The Balaban J connectivity index is 2.76. The molecule has 0 saturated carbocycles. The molecule has 0 bridgehead atoms. The number of benzene rings is 1. The van der Waals surface area contributed by atoms with Gasteiger partial charge >= 0.3 is 0 Å². The molecular formula is C15H24N2O2. The van der Waals surface area contributed by atoms with Gasteiger partial charge in [-0.05, 0) is 25.0 Å². The number of ether oxygens (including phenoxy) is 1. The molecule has 19 heavy (non-hydrogen) atoms. The van der Waals surface area contributed by atoms with Crippen molar-refractivity contribution in [3.8, 4) is 0 Å². The molecule has 2 N–H and O–H groups in total. The van der Waals surface area contributed by atoms with Crippen LogP contribution >= 0.6 is 0 Å². The normalized spacial score (nSPS) is 12.2. The highest BCUT2D eigenvalue weighted by molar-refractivity contribution is 5.97. The number of methoxy groups -OCH3 is 1. The van der Waals surface area contributed by atoms with Gasteiger partial charge < -0.3 is 15.4 Å². The highest BCUT2D eigenvalue weighted by Gasteiger charge is 2.21. The van der Waals surface area contributed by atoms with Crippen molar-refractivity contribution in [1.82, 2.24) is 0 Å². The lowest BCUT2D eigenvalue weighted by atomic mass is 10.1. The van der Waals surface area contributed by atoms with Gasteiger partial charge in [0.25, 0.3) is 0 Å². The molecule has 0 heterocycles. The third-order valence-corrected chi connectivity index (χ3v) is 3.02. The quantitative estimate of drug-likeness (QED) is 0.783. The van der Waals surface area contributed by atoms with Gasteiger partial charge in [0.1, 0.15) is 0 Å². The predicted molar refractivity (Wildman–Crippen MR) is 78.2 cm³/mol. The summed E-state index contributed by atoms with van der Waals surface area (Å²) >= 11 is 0. The van der Waals surface area contributed by atoms with Gasteiger partial charge in [-0.1, -0.05) is 31.5 Å². The third kappa shape index (κ3) is 5.01. The third-order valence-electron chi connectivity index (χ3n) is 3.02. The van der Waals surface area contributed by atoms with Gasteiger partial charge in [0, 0.05) is 25.9 Å². The smallest absolute Gasteiger partial charge is 0.243 e. The Bertz CT molecular complexity index is 368. The monoisotopic (exact) mass is 264 g/mol. The fraction of sp³-hybridized carbons (Fsp3) is 0.533. The van der Waals surface area contributed by atoms with Gasteiger partial charge in [-0.3, -0.25) is 4.79 Å². The fourth-order valence-electron chi connectivity index (χ4n) is 1.86. The fourth-order valence-corrected chi connectivity index (χ4v) is 1.86. The summed E-state index contributed by atoms with van der Waals surface area (Å²) in [6, 6.07) is 9.19. The van der Waals surface area contributed by atoms with Crippen LogP contribution in [0.15, 0.2) is 30.3 Å². The van der Waals surface area contributed by atoms with Crippen molar-refractivity contribution in [3.05, 3.63) is 30.3 Å². The molecule has 0 spiro atoms. The van der Waals surface area contributed by atoms with Crippen LogP contribution in [0.25, 0.3) is 0 Å². The van der Waals surface area contributed by atoms with E-state index in [2.05, 4.69) is 6.92 Å². The summed E-state index contributed by atoms with van der Waals surface area (Å²) in [4.78, 5) is 14.2. The second kappa shape index (κ2) is 8.67. The molecule has 0 aliphatic rings. The highest BCUT2D eigenvalue weighted by atomic mass is 16.5. The first-order valence-electron chi connectivity index (χ1n) is 6.81. The molecule has 0 aliphatic heterocycles. The van der Waals surface area contributed by atoms with Gasteiger partial charge in [0.15, 0.2) is 0 Å². The molecular weight excluding hydrogens is 240 g/mol. The summed E-state index contributed by atoms with van der Waals surface area (Å²) in [6.45, 7) is 3.32. The van der Waals surface area contributed by atoms with Gasteiger partial charge in [0.05, 0.1) is 6.04 Å². The topological polar surface area (TPSA) is 55.6 Å². The molecule has 0 radical (unpaired) electrons. The Hall–Kier alpha value is -1.39. The van der Waals surface area contributed by atoms with E-state index in [1.54, 1.807) is 12.0 Å². The zero-order chi connectivity index (χ0) is 14.1. The zero-order valence-corrected chi connectivity index (χ0v) is 11.8. The number of para-hydroxylation sites is 1. The molecule has 4 heteroatoms. The summed E-state index contributed by atoms with van der Waals surface area (Å²) in [5.74, 6) is -0.0308. The van der Waals surface area contributed by atoms with Crippen molar-refractivity contribution < 1.29 is 9.53 Å². The average Bonchev–Trinajstić information content (AvgIpc) is 2.46. The number of anilines is 1. The van der Waals surface area contributed by atoms with E-state index in [0.717, 1.165) is 18.5 Å². The summed E-state index contributed by atoms with van der Waals surface area (Å²) < 4.78 is 4.98. The second-order valence-electron chi connectivity index (χ2n) is 4.57. The van der Waals surface area contributed by atoms with Gasteiger partial charge in [-0.2, -0.15) is 0 Å². The highest BCUT2D eigenvalue weighted by Crippen LogP contribution is 2.15. The number of carbonyl (C=O) groups is 1. The minimum Gasteiger partial charge on any atom is -0.385 e. The first-order chi connectivity index (χ1) is 9.20. The maximum Gasteiger partial charge on any atom is 0.243 e. The standard InChI is InChI=1S/C15H24N2O2/c1-3-4-11-17(13-8-6-5-7-9-13)15(18)14(16)10-12-19-2/h5-9,14H,3-4,10-12,16H2,1-2H3. The lowest BCUT2D eigenvalue weighted by Gasteiger charge is -2.25. The number of carbonyl (C=O) groups excluding carboxylic acids is 1. The second-order valence-corrected chi connectivity index (χ2v) is 4.57. The lowest BCUT2D eigenvalue weighted by molar-refractivity contribution is -0.120. The number of amides is 1. The molecule has 1 aromatic carbocycles. The van der Waals surface area contributed by atoms with Crippen molar-refractivity contribution in [2.24, 2.45) is 5.73 Å². The lowest BCUT2D eigenvalue weighted by Crippen LogP contribution is -2.45. The van der Waals surface area contributed by atoms with Gasteiger partial charge in [0.2, 0.25) is 5.91 Å². The van der Waals surface area contributed by atoms with Crippen molar-refractivity contribution >= 4 is 11.6 Å².